The van der Waals surface area contributed by atoms with E-state index in [4.69, 9.17) is 4.74 Å². The Balaban J connectivity index is 1.28. The first kappa shape index (κ1) is 29.9. The zero-order chi connectivity index (χ0) is 27.3. The molecule has 0 saturated heterocycles. The summed E-state index contributed by atoms with van der Waals surface area (Å²) in [6.07, 6.45) is 26.0. The summed E-state index contributed by atoms with van der Waals surface area (Å²) in [4.78, 5) is 11.2. The molecular formula is C36H60O2. The Morgan fingerprint density at radius 1 is 1.00 bits per heavy atom. The molecule has 2 heteroatoms. The Kier molecular flexibility index (Phi) is 10.3. The fourth-order valence-corrected chi connectivity index (χ4v) is 10.1. The molecule has 0 amide bonds. The largest absolute Gasteiger partial charge is 0.463 e. The van der Waals surface area contributed by atoms with E-state index in [0.29, 0.717) is 17.4 Å². The van der Waals surface area contributed by atoms with Crippen LogP contribution in [0.2, 0.25) is 0 Å². The van der Waals surface area contributed by atoms with Gasteiger partial charge in [-0.15, -0.1) is 0 Å². The standard InChI is InChI=1S/C36H60O2/c1-7-34(37)38-24-11-9-8-10-15-28-20-22-35(5)29(25-28)16-17-30-32-19-18-31(27(4)14-12-13-26(2)3)36(32,6)23-21-33(30)35/h7,16,26-28,30-33H,1,8-15,17-25H2,2-6H3/t27-,28+,30+,31-,32+,33+,35+,36-/m1/s1. The Hall–Kier alpha value is -1.05. The zero-order valence-electron chi connectivity index (χ0n) is 25.7. The molecule has 0 radical (unpaired) electrons. The molecule has 2 nitrogen and oxygen atoms in total. The molecule has 4 aliphatic carbocycles. The third-order valence-corrected chi connectivity index (χ3v) is 12.3. The minimum atomic E-state index is -0.291. The highest BCUT2D eigenvalue weighted by Crippen LogP contribution is 2.67. The van der Waals surface area contributed by atoms with Crippen LogP contribution in [0.5, 0.6) is 0 Å². The zero-order valence-corrected chi connectivity index (χ0v) is 25.7. The fourth-order valence-electron chi connectivity index (χ4n) is 10.1. The first-order chi connectivity index (χ1) is 18.2. The van der Waals surface area contributed by atoms with Crippen LogP contribution >= 0.6 is 0 Å². The minimum Gasteiger partial charge on any atom is -0.463 e. The summed E-state index contributed by atoms with van der Waals surface area (Å²) in [5.41, 5.74) is 2.93. The van der Waals surface area contributed by atoms with E-state index >= 15 is 0 Å². The van der Waals surface area contributed by atoms with Gasteiger partial charge in [0.2, 0.25) is 0 Å². The van der Waals surface area contributed by atoms with Crippen molar-refractivity contribution in [1.82, 2.24) is 0 Å². The number of esters is 1. The molecule has 0 heterocycles. The lowest BCUT2D eigenvalue weighted by Crippen LogP contribution is -2.50. The van der Waals surface area contributed by atoms with E-state index in [2.05, 4.69) is 47.3 Å². The van der Waals surface area contributed by atoms with Gasteiger partial charge in [-0.05, 0) is 110 Å². The number of hydrogen-bond acceptors (Lipinski definition) is 2. The van der Waals surface area contributed by atoms with Crippen LogP contribution in [0.15, 0.2) is 24.3 Å². The Labute approximate surface area is 235 Å². The molecular weight excluding hydrogens is 464 g/mol. The molecule has 8 atom stereocenters. The Bertz CT molecular complexity index is 825. The number of carbonyl (C=O) groups is 1. The van der Waals surface area contributed by atoms with Crippen LogP contribution in [0.4, 0.5) is 0 Å². The van der Waals surface area contributed by atoms with E-state index in [0.717, 1.165) is 47.8 Å². The average Bonchev–Trinajstić information content (AvgIpc) is 3.25. The first-order valence-corrected chi connectivity index (χ1v) is 16.7. The molecule has 4 aliphatic rings. The van der Waals surface area contributed by atoms with Crippen molar-refractivity contribution in [1.29, 1.82) is 0 Å². The lowest BCUT2D eigenvalue weighted by atomic mass is 9.46. The second-order valence-electron chi connectivity index (χ2n) is 15.0. The van der Waals surface area contributed by atoms with Gasteiger partial charge in [0.05, 0.1) is 6.61 Å². The van der Waals surface area contributed by atoms with Gasteiger partial charge in [-0.25, -0.2) is 4.79 Å². The maximum Gasteiger partial charge on any atom is 0.330 e. The number of rotatable bonds is 13. The molecule has 0 aromatic rings. The molecule has 216 valence electrons. The summed E-state index contributed by atoms with van der Waals surface area (Å²) < 4.78 is 5.11. The van der Waals surface area contributed by atoms with Crippen molar-refractivity contribution in [2.75, 3.05) is 6.61 Å². The van der Waals surface area contributed by atoms with Gasteiger partial charge in [-0.2, -0.15) is 0 Å². The summed E-state index contributed by atoms with van der Waals surface area (Å²) in [5, 5.41) is 0. The van der Waals surface area contributed by atoms with Crippen molar-refractivity contribution < 1.29 is 9.53 Å². The molecule has 0 spiro atoms. The lowest BCUT2D eigenvalue weighted by molar-refractivity contribution is -0.137. The molecule has 0 N–H and O–H groups in total. The molecule has 0 aromatic carbocycles. The van der Waals surface area contributed by atoms with Gasteiger partial charge in [-0.1, -0.05) is 97.8 Å². The summed E-state index contributed by atoms with van der Waals surface area (Å²) in [6, 6.07) is 0. The normalized spacial score (nSPS) is 37.1. The lowest BCUT2D eigenvalue weighted by Gasteiger charge is -2.58. The van der Waals surface area contributed by atoms with Gasteiger partial charge < -0.3 is 4.74 Å². The predicted octanol–water partition coefficient (Wildman–Crippen LogP) is 10.3. The van der Waals surface area contributed by atoms with E-state index in [1.165, 1.54) is 102 Å². The van der Waals surface area contributed by atoms with Gasteiger partial charge in [-0.3, -0.25) is 0 Å². The van der Waals surface area contributed by atoms with E-state index in [1.807, 2.05) is 5.57 Å². The minimum absolute atomic E-state index is 0.291. The van der Waals surface area contributed by atoms with Gasteiger partial charge >= 0.3 is 5.97 Å². The quantitative estimate of drug-likeness (QED) is 0.104. The third-order valence-electron chi connectivity index (χ3n) is 12.3. The number of ether oxygens (including phenoxy) is 1. The molecule has 0 aromatic heterocycles. The molecule has 3 fully saturated rings. The van der Waals surface area contributed by atoms with Crippen LogP contribution < -0.4 is 0 Å². The molecule has 38 heavy (non-hydrogen) atoms. The average molecular weight is 525 g/mol. The van der Waals surface area contributed by atoms with Crippen molar-refractivity contribution in [2.24, 2.45) is 52.3 Å². The molecule has 0 unspecified atom stereocenters. The molecule has 0 bridgehead atoms. The van der Waals surface area contributed by atoms with Crippen LogP contribution in [-0.4, -0.2) is 12.6 Å². The topological polar surface area (TPSA) is 26.3 Å². The van der Waals surface area contributed by atoms with E-state index in [1.54, 1.807) is 0 Å². The van der Waals surface area contributed by atoms with Gasteiger partial charge in [0.15, 0.2) is 0 Å². The maximum atomic E-state index is 11.2. The van der Waals surface area contributed by atoms with Gasteiger partial charge in [0.25, 0.3) is 0 Å². The summed E-state index contributed by atoms with van der Waals surface area (Å²) in [7, 11) is 0. The van der Waals surface area contributed by atoms with Crippen molar-refractivity contribution in [3.05, 3.63) is 24.3 Å². The second-order valence-corrected chi connectivity index (χ2v) is 15.0. The van der Waals surface area contributed by atoms with Crippen molar-refractivity contribution in [2.45, 2.75) is 137 Å². The maximum absolute atomic E-state index is 11.2. The highest BCUT2D eigenvalue weighted by atomic mass is 16.5. The molecule has 4 rings (SSSR count). The van der Waals surface area contributed by atoms with Gasteiger partial charge in [0, 0.05) is 6.08 Å². The van der Waals surface area contributed by atoms with Crippen molar-refractivity contribution in [3.8, 4) is 0 Å². The van der Waals surface area contributed by atoms with E-state index < -0.39 is 0 Å². The number of unbranched alkanes of at least 4 members (excludes halogenated alkanes) is 3. The number of fused-ring (bicyclic) bond motifs is 5. The Morgan fingerprint density at radius 2 is 1.79 bits per heavy atom. The van der Waals surface area contributed by atoms with Crippen LogP contribution in [0.3, 0.4) is 0 Å². The fraction of sp³-hybridized carbons (Fsp3) is 0.861. The number of allylic oxidation sites excluding steroid dienone is 2. The van der Waals surface area contributed by atoms with E-state index in [9.17, 15) is 4.79 Å². The smallest absolute Gasteiger partial charge is 0.330 e. The first-order valence-electron chi connectivity index (χ1n) is 16.7. The van der Waals surface area contributed by atoms with Crippen LogP contribution in [-0.2, 0) is 9.53 Å². The molecule has 3 saturated carbocycles. The monoisotopic (exact) mass is 524 g/mol. The van der Waals surface area contributed by atoms with E-state index in [-0.39, 0.29) is 5.97 Å². The van der Waals surface area contributed by atoms with Gasteiger partial charge in [0.1, 0.15) is 0 Å². The summed E-state index contributed by atoms with van der Waals surface area (Å²) in [5.74, 6) is 6.17. The summed E-state index contributed by atoms with van der Waals surface area (Å²) in [6.45, 7) is 16.8. The van der Waals surface area contributed by atoms with Crippen molar-refractivity contribution in [3.63, 3.8) is 0 Å². The number of carbonyl (C=O) groups excluding carboxylic acids is 1. The number of hydrogen-bond donors (Lipinski definition) is 0. The van der Waals surface area contributed by atoms with Crippen LogP contribution in [0, 0.1) is 52.3 Å². The van der Waals surface area contributed by atoms with Crippen molar-refractivity contribution >= 4 is 5.97 Å². The van der Waals surface area contributed by atoms with Crippen LogP contribution in [0.1, 0.15) is 137 Å². The highest BCUT2D eigenvalue weighted by molar-refractivity contribution is 5.81. The summed E-state index contributed by atoms with van der Waals surface area (Å²) >= 11 is 0. The molecule has 0 aliphatic heterocycles. The Morgan fingerprint density at radius 3 is 2.55 bits per heavy atom. The van der Waals surface area contributed by atoms with Crippen LogP contribution in [0.25, 0.3) is 0 Å². The predicted molar refractivity (Wildman–Crippen MR) is 161 cm³/mol. The third kappa shape index (κ3) is 6.46. The highest BCUT2D eigenvalue weighted by Gasteiger charge is 2.59. The SMILES string of the molecule is C=CC(=O)OCCCCCC[C@H]1CC[C@@]2(C)C(=CC[C@H]3[C@@H]4CC[C@H]([C@H](C)CCCC(C)C)[C@@]4(C)CC[C@@H]32)C1. The second kappa shape index (κ2) is 13.1.